The van der Waals surface area contributed by atoms with Crippen LogP contribution in [-0.2, 0) is 0 Å². The van der Waals surface area contributed by atoms with E-state index in [1.165, 1.54) is 21.9 Å². The molecule has 3 aromatic heterocycles. The van der Waals surface area contributed by atoms with E-state index in [4.69, 9.17) is 14.4 Å². The second-order valence-corrected chi connectivity index (χ2v) is 12.6. The van der Waals surface area contributed by atoms with Crippen molar-refractivity contribution in [1.82, 2.24) is 14.5 Å². The number of benzene rings is 7. The Balaban J connectivity index is 1.17. The standard InChI is InChI=1S/C46H29N3O/c1-4-13-30(14-5-1)33-23-25-36-35-19-10-11-22-42(35)49(43(36)27-33)34-24-26-37-38-20-12-21-39(45(38)50-44(37)28-34)41-29-40(31-15-6-2-7-16-31)47-46(48-41)32-17-8-3-9-18-32/h1-29H. The summed E-state index contributed by atoms with van der Waals surface area (Å²) in [4.78, 5) is 10.1. The van der Waals surface area contributed by atoms with Crippen molar-refractivity contribution >= 4 is 43.7 Å². The van der Waals surface area contributed by atoms with Crippen molar-refractivity contribution in [2.45, 2.75) is 0 Å². The Bertz CT molecular complexity index is 2800. The maximum Gasteiger partial charge on any atom is 0.160 e. The third kappa shape index (κ3) is 4.61. The van der Waals surface area contributed by atoms with E-state index in [2.05, 4.69) is 144 Å². The molecule has 0 spiro atoms. The van der Waals surface area contributed by atoms with Crippen molar-refractivity contribution in [3.8, 4) is 50.7 Å². The van der Waals surface area contributed by atoms with Crippen LogP contribution in [0.1, 0.15) is 0 Å². The lowest BCUT2D eigenvalue weighted by Gasteiger charge is -2.09. The molecule has 0 saturated heterocycles. The first-order valence-electron chi connectivity index (χ1n) is 16.8. The second kappa shape index (κ2) is 11.4. The Morgan fingerprint density at radius 3 is 1.84 bits per heavy atom. The first kappa shape index (κ1) is 28.3. The van der Waals surface area contributed by atoms with Crippen LogP contribution in [0.3, 0.4) is 0 Å². The smallest absolute Gasteiger partial charge is 0.160 e. The van der Waals surface area contributed by atoms with Gasteiger partial charge in [-0.05, 0) is 47.5 Å². The van der Waals surface area contributed by atoms with Crippen LogP contribution in [0.15, 0.2) is 180 Å². The van der Waals surface area contributed by atoms with Crippen molar-refractivity contribution in [3.63, 3.8) is 0 Å². The topological polar surface area (TPSA) is 43.9 Å². The summed E-state index contributed by atoms with van der Waals surface area (Å²) in [6.07, 6.45) is 0. The third-order valence-corrected chi connectivity index (χ3v) is 9.63. The number of para-hydroxylation sites is 2. The molecule has 50 heavy (non-hydrogen) atoms. The summed E-state index contributed by atoms with van der Waals surface area (Å²) in [5.41, 5.74) is 12.0. The average molecular weight is 640 g/mol. The van der Waals surface area contributed by atoms with Gasteiger partial charge in [-0.15, -0.1) is 0 Å². The summed E-state index contributed by atoms with van der Waals surface area (Å²) in [6.45, 7) is 0. The van der Waals surface area contributed by atoms with Gasteiger partial charge in [0.1, 0.15) is 11.2 Å². The molecule has 0 atom stereocenters. The lowest BCUT2D eigenvalue weighted by molar-refractivity contribution is 0.669. The summed E-state index contributed by atoms with van der Waals surface area (Å²) in [5, 5.41) is 4.57. The van der Waals surface area contributed by atoms with Crippen LogP contribution >= 0.6 is 0 Å². The van der Waals surface area contributed by atoms with E-state index in [-0.39, 0.29) is 0 Å². The van der Waals surface area contributed by atoms with Gasteiger partial charge in [0.05, 0.1) is 22.4 Å². The van der Waals surface area contributed by atoms with Crippen molar-refractivity contribution < 1.29 is 4.42 Å². The molecule has 0 aliphatic heterocycles. The van der Waals surface area contributed by atoms with Crippen molar-refractivity contribution in [3.05, 3.63) is 176 Å². The fourth-order valence-corrected chi connectivity index (χ4v) is 7.25. The Kier molecular flexibility index (Phi) is 6.46. The highest BCUT2D eigenvalue weighted by atomic mass is 16.3. The maximum atomic E-state index is 6.81. The summed E-state index contributed by atoms with van der Waals surface area (Å²) in [6, 6.07) is 61.3. The molecule has 234 valence electrons. The summed E-state index contributed by atoms with van der Waals surface area (Å²) < 4.78 is 9.17. The van der Waals surface area contributed by atoms with Gasteiger partial charge in [0.25, 0.3) is 0 Å². The Morgan fingerprint density at radius 1 is 0.400 bits per heavy atom. The van der Waals surface area contributed by atoms with Crippen LogP contribution in [0.5, 0.6) is 0 Å². The molecule has 10 rings (SSSR count). The minimum atomic E-state index is 0.679. The highest BCUT2D eigenvalue weighted by Gasteiger charge is 2.18. The van der Waals surface area contributed by atoms with E-state index in [0.717, 1.165) is 66.7 Å². The van der Waals surface area contributed by atoms with Crippen LogP contribution < -0.4 is 0 Å². The number of hydrogen-bond acceptors (Lipinski definition) is 3. The van der Waals surface area contributed by atoms with Gasteiger partial charge >= 0.3 is 0 Å². The van der Waals surface area contributed by atoms with Crippen LogP contribution in [0.4, 0.5) is 0 Å². The van der Waals surface area contributed by atoms with Gasteiger partial charge in [0.2, 0.25) is 0 Å². The molecule has 0 aliphatic rings. The number of nitrogens with zero attached hydrogens (tertiary/aromatic N) is 3. The molecule has 3 heterocycles. The SMILES string of the molecule is c1ccc(-c2ccc3c4ccccc4n(-c4ccc5c(c4)oc4c(-c6cc(-c7ccccc7)nc(-c7ccccc7)n6)cccc45)c3c2)cc1. The second-order valence-electron chi connectivity index (χ2n) is 12.6. The maximum absolute atomic E-state index is 6.81. The van der Waals surface area contributed by atoms with E-state index < -0.39 is 0 Å². The molecule has 0 unspecified atom stereocenters. The van der Waals surface area contributed by atoms with Crippen molar-refractivity contribution in [2.24, 2.45) is 0 Å². The zero-order valence-electron chi connectivity index (χ0n) is 27.0. The van der Waals surface area contributed by atoms with E-state index in [1.54, 1.807) is 0 Å². The van der Waals surface area contributed by atoms with Crippen molar-refractivity contribution in [1.29, 1.82) is 0 Å². The van der Waals surface area contributed by atoms with Gasteiger partial charge < -0.3 is 8.98 Å². The third-order valence-electron chi connectivity index (χ3n) is 9.63. The van der Waals surface area contributed by atoms with E-state index in [1.807, 2.05) is 36.4 Å². The molecule has 7 aromatic carbocycles. The molecule has 0 saturated carbocycles. The first-order valence-corrected chi connectivity index (χ1v) is 16.8. The predicted octanol–water partition coefficient (Wildman–Crippen LogP) is 12.1. The summed E-state index contributed by atoms with van der Waals surface area (Å²) >= 11 is 0. The van der Waals surface area contributed by atoms with E-state index in [0.29, 0.717) is 5.82 Å². The molecular weight excluding hydrogens is 611 g/mol. The molecule has 0 bridgehead atoms. The van der Waals surface area contributed by atoms with Gasteiger partial charge in [-0.25, -0.2) is 9.97 Å². The number of hydrogen-bond donors (Lipinski definition) is 0. The predicted molar refractivity (Wildman–Crippen MR) is 205 cm³/mol. The van der Waals surface area contributed by atoms with Crippen LogP contribution in [0.2, 0.25) is 0 Å². The molecule has 0 radical (unpaired) electrons. The lowest BCUT2D eigenvalue weighted by Crippen LogP contribution is -1.96. The fraction of sp³-hybridized carbons (Fsp3) is 0. The van der Waals surface area contributed by atoms with Crippen LogP contribution in [0.25, 0.3) is 94.5 Å². The molecular formula is C46H29N3O. The highest BCUT2D eigenvalue weighted by molar-refractivity contribution is 6.12. The van der Waals surface area contributed by atoms with Crippen molar-refractivity contribution in [2.75, 3.05) is 0 Å². The molecule has 0 fully saturated rings. The Labute approximate surface area is 288 Å². The Morgan fingerprint density at radius 2 is 1.04 bits per heavy atom. The van der Waals surface area contributed by atoms with E-state index in [9.17, 15) is 0 Å². The highest BCUT2D eigenvalue weighted by Crippen LogP contribution is 2.40. The van der Waals surface area contributed by atoms with Crippen LogP contribution in [0, 0.1) is 0 Å². The normalized spacial score (nSPS) is 11.6. The number of rotatable bonds is 5. The van der Waals surface area contributed by atoms with Gasteiger partial charge in [-0.2, -0.15) is 0 Å². The lowest BCUT2D eigenvalue weighted by atomic mass is 10.0. The quantitative estimate of drug-likeness (QED) is 0.188. The van der Waals surface area contributed by atoms with E-state index >= 15 is 0 Å². The zero-order chi connectivity index (χ0) is 33.0. The molecule has 0 N–H and O–H groups in total. The molecule has 10 aromatic rings. The minimum absolute atomic E-state index is 0.679. The largest absolute Gasteiger partial charge is 0.455 e. The van der Waals surface area contributed by atoms with Gasteiger partial charge in [0, 0.05) is 50.0 Å². The van der Waals surface area contributed by atoms with Gasteiger partial charge in [-0.3, -0.25) is 0 Å². The molecule has 4 heteroatoms. The first-order chi connectivity index (χ1) is 24.8. The zero-order valence-corrected chi connectivity index (χ0v) is 27.0. The fourth-order valence-electron chi connectivity index (χ4n) is 7.25. The minimum Gasteiger partial charge on any atom is -0.455 e. The summed E-state index contributed by atoms with van der Waals surface area (Å²) in [5.74, 6) is 0.679. The monoisotopic (exact) mass is 639 g/mol. The van der Waals surface area contributed by atoms with Gasteiger partial charge in [-0.1, -0.05) is 133 Å². The summed E-state index contributed by atoms with van der Waals surface area (Å²) in [7, 11) is 0. The molecule has 0 aliphatic carbocycles. The number of aromatic nitrogens is 3. The average Bonchev–Trinajstić information content (AvgIpc) is 3.73. The molecule has 0 amide bonds. The molecule has 4 nitrogen and oxygen atoms in total. The van der Waals surface area contributed by atoms with Crippen LogP contribution in [-0.4, -0.2) is 14.5 Å². The van der Waals surface area contributed by atoms with Gasteiger partial charge in [0.15, 0.2) is 5.82 Å². The number of furan rings is 1. The Hall–Kier alpha value is -6.78. The number of fused-ring (bicyclic) bond motifs is 6.